The first-order chi connectivity index (χ1) is 13.2. The van der Waals surface area contributed by atoms with Crippen molar-refractivity contribution in [2.24, 2.45) is 0 Å². The number of anilines is 2. The molecular formula is C22H18N4S. The van der Waals surface area contributed by atoms with E-state index in [0.717, 1.165) is 33.8 Å². The number of hydrogen-bond donors (Lipinski definition) is 1. The van der Waals surface area contributed by atoms with E-state index in [1.54, 1.807) is 6.20 Å². The third kappa shape index (κ3) is 2.62. The van der Waals surface area contributed by atoms with E-state index >= 15 is 0 Å². The second-order valence-electron chi connectivity index (χ2n) is 6.90. The fourth-order valence-electron chi connectivity index (χ4n) is 3.95. The van der Waals surface area contributed by atoms with Crippen molar-refractivity contribution in [3.05, 3.63) is 72.7 Å². The largest absolute Gasteiger partial charge is 0.332 e. The Morgan fingerprint density at radius 2 is 2.00 bits per heavy atom. The molecule has 0 fully saturated rings. The molecule has 0 bridgehead atoms. The lowest BCUT2D eigenvalue weighted by Crippen LogP contribution is -2.38. The molecule has 0 saturated heterocycles. The summed E-state index contributed by atoms with van der Waals surface area (Å²) in [6.45, 7) is 2.21. The Bertz CT molecular complexity index is 1190. The maximum Gasteiger partial charge on any atom is 0.178 e. The zero-order valence-electron chi connectivity index (χ0n) is 14.9. The van der Waals surface area contributed by atoms with Crippen LogP contribution in [0.4, 0.5) is 11.4 Å². The Hall–Kier alpha value is -3.05. The first-order valence-electron chi connectivity index (χ1n) is 9.02. The number of nitrogens with one attached hydrogen (secondary N) is 1. The van der Waals surface area contributed by atoms with Crippen LogP contribution in [0.15, 0.2) is 67.1 Å². The fourth-order valence-corrected chi connectivity index (χ4v) is 4.34. The highest BCUT2D eigenvalue weighted by atomic mass is 32.1. The monoisotopic (exact) mass is 370 g/mol. The molecule has 0 saturated carbocycles. The zero-order valence-corrected chi connectivity index (χ0v) is 15.7. The Morgan fingerprint density at radius 1 is 1.11 bits per heavy atom. The molecule has 0 aliphatic carbocycles. The van der Waals surface area contributed by atoms with Crippen molar-refractivity contribution in [2.75, 3.05) is 10.2 Å². The fraction of sp³-hybridized carbons (Fsp3) is 0.136. The molecule has 2 aromatic carbocycles. The summed E-state index contributed by atoms with van der Waals surface area (Å²) in [5.41, 5.74) is 4.43. The predicted molar refractivity (Wildman–Crippen MR) is 115 cm³/mol. The second-order valence-corrected chi connectivity index (χ2v) is 7.29. The van der Waals surface area contributed by atoms with E-state index in [1.165, 1.54) is 11.3 Å². The number of aromatic nitrogens is 2. The average Bonchev–Trinajstić information content (AvgIpc) is 3.04. The summed E-state index contributed by atoms with van der Waals surface area (Å²) in [5, 5.41) is 7.38. The van der Waals surface area contributed by atoms with Gasteiger partial charge in [0, 0.05) is 41.1 Å². The van der Waals surface area contributed by atoms with Crippen LogP contribution in [0.3, 0.4) is 0 Å². The van der Waals surface area contributed by atoms with Gasteiger partial charge in [0.2, 0.25) is 0 Å². The van der Waals surface area contributed by atoms with Gasteiger partial charge in [0.05, 0.1) is 11.2 Å². The van der Waals surface area contributed by atoms with Gasteiger partial charge in [0.25, 0.3) is 0 Å². The van der Waals surface area contributed by atoms with Crippen LogP contribution in [0.2, 0.25) is 0 Å². The average molecular weight is 370 g/mol. The van der Waals surface area contributed by atoms with Crippen molar-refractivity contribution in [2.45, 2.75) is 19.4 Å². The Morgan fingerprint density at radius 3 is 2.93 bits per heavy atom. The van der Waals surface area contributed by atoms with E-state index in [-0.39, 0.29) is 0 Å². The molecule has 0 radical (unpaired) electrons. The van der Waals surface area contributed by atoms with Crippen LogP contribution in [0.5, 0.6) is 0 Å². The first kappa shape index (κ1) is 16.1. The van der Waals surface area contributed by atoms with Crippen molar-refractivity contribution in [3.63, 3.8) is 0 Å². The van der Waals surface area contributed by atoms with Gasteiger partial charge in [-0.05, 0) is 66.8 Å². The lowest BCUT2D eigenvalue weighted by atomic mass is 10.1. The van der Waals surface area contributed by atoms with Gasteiger partial charge < -0.3 is 10.2 Å². The van der Waals surface area contributed by atoms with Crippen LogP contribution in [-0.2, 0) is 6.42 Å². The molecule has 1 N–H and O–H groups in total. The highest BCUT2D eigenvalue weighted by Gasteiger charge is 2.28. The summed E-state index contributed by atoms with van der Waals surface area (Å²) in [6, 6.07) is 16.9. The van der Waals surface area contributed by atoms with Gasteiger partial charge in [0.1, 0.15) is 0 Å². The summed E-state index contributed by atoms with van der Waals surface area (Å²) in [4.78, 5) is 11.1. The third-order valence-corrected chi connectivity index (χ3v) is 5.47. The maximum absolute atomic E-state index is 5.82. The smallest absolute Gasteiger partial charge is 0.178 e. The minimum Gasteiger partial charge on any atom is -0.332 e. The van der Waals surface area contributed by atoms with Crippen LogP contribution in [0.1, 0.15) is 12.5 Å². The number of rotatable bonds is 1. The number of pyridine rings is 2. The molecule has 0 amide bonds. The molecule has 27 heavy (non-hydrogen) atoms. The third-order valence-electron chi connectivity index (χ3n) is 5.18. The number of hydrogen-bond acceptors (Lipinski definition) is 3. The van der Waals surface area contributed by atoms with E-state index < -0.39 is 0 Å². The highest BCUT2D eigenvalue weighted by molar-refractivity contribution is 7.80. The lowest BCUT2D eigenvalue weighted by Gasteiger charge is -2.26. The Labute approximate surface area is 162 Å². The Balaban J connectivity index is 1.59. The molecule has 5 rings (SSSR count). The minimum absolute atomic E-state index is 0.330. The van der Waals surface area contributed by atoms with Gasteiger partial charge in [-0.15, -0.1) is 0 Å². The molecule has 1 aliphatic heterocycles. The van der Waals surface area contributed by atoms with Crippen LogP contribution < -0.4 is 10.2 Å². The van der Waals surface area contributed by atoms with Crippen molar-refractivity contribution in [1.82, 2.24) is 9.97 Å². The molecular weight excluding hydrogens is 352 g/mol. The minimum atomic E-state index is 0.330. The number of benzene rings is 2. The molecule has 0 unspecified atom stereocenters. The van der Waals surface area contributed by atoms with Crippen LogP contribution in [-0.4, -0.2) is 21.1 Å². The summed E-state index contributed by atoms with van der Waals surface area (Å²) < 4.78 is 0. The number of thiocarbonyl (C=S) groups is 1. The summed E-state index contributed by atoms with van der Waals surface area (Å²) in [7, 11) is 0. The number of fused-ring (bicyclic) bond motifs is 4. The van der Waals surface area contributed by atoms with E-state index in [4.69, 9.17) is 12.2 Å². The van der Waals surface area contributed by atoms with E-state index in [0.29, 0.717) is 11.2 Å². The maximum atomic E-state index is 5.82. The van der Waals surface area contributed by atoms with Gasteiger partial charge >= 0.3 is 0 Å². The molecule has 3 heterocycles. The first-order valence-corrected chi connectivity index (χ1v) is 9.43. The van der Waals surface area contributed by atoms with E-state index in [2.05, 4.69) is 63.5 Å². The lowest BCUT2D eigenvalue weighted by molar-refractivity contribution is 0.776. The van der Waals surface area contributed by atoms with Crippen molar-refractivity contribution >= 4 is 50.4 Å². The molecule has 5 heteroatoms. The van der Waals surface area contributed by atoms with Crippen LogP contribution in [0, 0.1) is 0 Å². The second kappa shape index (κ2) is 6.28. The summed E-state index contributed by atoms with van der Waals surface area (Å²) in [5.74, 6) is 0. The van der Waals surface area contributed by atoms with Gasteiger partial charge in [-0.3, -0.25) is 9.97 Å². The predicted octanol–water partition coefficient (Wildman–Crippen LogP) is 4.93. The normalized spacial score (nSPS) is 15.9. The SMILES string of the molecule is C[C@H]1Cc2ccccc2N1C(=S)Nc1cc2ccncc2c2ncccc12. The summed E-state index contributed by atoms with van der Waals surface area (Å²) >= 11 is 5.82. The van der Waals surface area contributed by atoms with Gasteiger partial charge in [-0.2, -0.15) is 0 Å². The zero-order chi connectivity index (χ0) is 18.4. The topological polar surface area (TPSA) is 41.0 Å². The quantitative estimate of drug-likeness (QED) is 0.380. The standard InChI is InChI=1S/C22H18N4S/c1-14-11-16-5-2-3-7-20(16)26(14)22(27)25-19-12-15-8-10-23-13-18(15)21-17(19)6-4-9-24-21/h2-10,12-14H,11H2,1H3,(H,25,27)/t14-/m0/s1. The molecule has 1 atom stereocenters. The molecule has 0 spiro atoms. The van der Waals surface area contributed by atoms with Crippen molar-refractivity contribution in [3.8, 4) is 0 Å². The van der Waals surface area contributed by atoms with Crippen molar-refractivity contribution in [1.29, 1.82) is 0 Å². The number of para-hydroxylation sites is 1. The van der Waals surface area contributed by atoms with E-state index in [9.17, 15) is 0 Å². The molecule has 1 aliphatic rings. The van der Waals surface area contributed by atoms with Crippen molar-refractivity contribution < 1.29 is 0 Å². The van der Waals surface area contributed by atoms with Gasteiger partial charge in [-0.25, -0.2) is 0 Å². The van der Waals surface area contributed by atoms with Gasteiger partial charge in [-0.1, -0.05) is 18.2 Å². The number of nitrogens with zero attached hydrogens (tertiary/aromatic N) is 3. The van der Waals surface area contributed by atoms with Gasteiger partial charge in [0.15, 0.2) is 5.11 Å². The molecule has 4 aromatic rings. The van der Waals surface area contributed by atoms with Crippen LogP contribution in [0.25, 0.3) is 21.7 Å². The van der Waals surface area contributed by atoms with E-state index in [1.807, 2.05) is 24.5 Å². The highest BCUT2D eigenvalue weighted by Crippen LogP contribution is 2.34. The molecule has 132 valence electrons. The molecule has 2 aromatic heterocycles. The molecule has 4 nitrogen and oxygen atoms in total. The summed E-state index contributed by atoms with van der Waals surface area (Å²) in [6.07, 6.45) is 6.49. The van der Waals surface area contributed by atoms with Crippen LogP contribution >= 0.6 is 12.2 Å². The Kier molecular flexibility index (Phi) is 3.76.